The summed E-state index contributed by atoms with van der Waals surface area (Å²) >= 11 is 0. The largest absolute Gasteiger partial charge is 0.459 e. The Labute approximate surface area is 156 Å². The van der Waals surface area contributed by atoms with Gasteiger partial charge >= 0.3 is 5.97 Å². The molecular formula is C22H29NO3. The average Bonchev–Trinajstić information content (AvgIpc) is 2.49. The van der Waals surface area contributed by atoms with Crippen molar-refractivity contribution in [2.45, 2.75) is 60.0 Å². The highest BCUT2D eigenvalue weighted by Crippen LogP contribution is 2.29. The second-order valence-electron chi connectivity index (χ2n) is 8.78. The van der Waals surface area contributed by atoms with Gasteiger partial charge in [-0.3, -0.25) is 4.79 Å². The Bertz CT molecular complexity index is 700. The van der Waals surface area contributed by atoms with Gasteiger partial charge in [0.15, 0.2) is 11.2 Å². The number of ketones is 1. The van der Waals surface area contributed by atoms with E-state index in [1.165, 1.54) is 12.2 Å². The maximum atomic E-state index is 12.8. The molecule has 1 atom stereocenters. The second-order valence-corrected chi connectivity index (χ2v) is 8.78. The van der Waals surface area contributed by atoms with Crippen LogP contribution in [0.2, 0.25) is 0 Å². The molecule has 26 heavy (non-hydrogen) atoms. The van der Waals surface area contributed by atoms with Crippen LogP contribution in [0.4, 0.5) is 0 Å². The molecule has 0 bridgehead atoms. The Kier molecular flexibility index (Phi) is 6.92. The summed E-state index contributed by atoms with van der Waals surface area (Å²) in [6.07, 6.45) is 3.24. The molecule has 0 aliphatic rings. The molecule has 0 aliphatic carbocycles. The van der Waals surface area contributed by atoms with Crippen molar-refractivity contribution in [1.29, 1.82) is 5.26 Å². The van der Waals surface area contributed by atoms with Crippen LogP contribution in [0, 0.1) is 22.2 Å². The first kappa shape index (κ1) is 21.6. The van der Waals surface area contributed by atoms with Crippen LogP contribution < -0.4 is 0 Å². The summed E-state index contributed by atoms with van der Waals surface area (Å²) in [5.74, 6) is -0.759. The summed E-state index contributed by atoms with van der Waals surface area (Å²) < 4.78 is 5.48. The molecule has 4 nitrogen and oxygen atoms in total. The van der Waals surface area contributed by atoms with Gasteiger partial charge in [0.1, 0.15) is 5.60 Å². The van der Waals surface area contributed by atoms with Gasteiger partial charge in [-0.1, -0.05) is 51.1 Å². The van der Waals surface area contributed by atoms with E-state index in [-0.39, 0.29) is 17.6 Å². The van der Waals surface area contributed by atoms with Crippen molar-refractivity contribution in [1.82, 2.24) is 0 Å². The maximum Gasteiger partial charge on any atom is 0.331 e. The molecular weight excluding hydrogens is 326 g/mol. The number of allylic oxidation sites excluding steroid dienone is 1. The predicted molar refractivity (Wildman–Crippen MR) is 102 cm³/mol. The molecule has 1 rings (SSSR count). The van der Waals surface area contributed by atoms with Gasteiger partial charge in [0.25, 0.3) is 0 Å². The fraction of sp³-hybridized carbons (Fsp3) is 0.500. The summed E-state index contributed by atoms with van der Waals surface area (Å²) in [6, 6.07) is 11.4. The topological polar surface area (TPSA) is 67.2 Å². The van der Waals surface area contributed by atoms with Gasteiger partial charge in [0.05, 0.1) is 6.07 Å². The van der Waals surface area contributed by atoms with E-state index in [2.05, 4.69) is 6.07 Å². The number of carbonyl (C=O) groups is 2. The molecule has 0 saturated carbocycles. The van der Waals surface area contributed by atoms with Crippen LogP contribution in [0.1, 0.15) is 53.5 Å². The van der Waals surface area contributed by atoms with E-state index in [9.17, 15) is 14.9 Å². The lowest BCUT2D eigenvalue weighted by molar-refractivity contribution is -0.161. The zero-order chi connectivity index (χ0) is 20.0. The summed E-state index contributed by atoms with van der Waals surface area (Å²) in [7, 11) is 0. The van der Waals surface area contributed by atoms with E-state index in [0.29, 0.717) is 6.42 Å². The Hall–Kier alpha value is -2.41. The van der Waals surface area contributed by atoms with Crippen LogP contribution in [-0.2, 0) is 20.7 Å². The van der Waals surface area contributed by atoms with E-state index in [4.69, 9.17) is 4.74 Å². The molecule has 0 saturated heterocycles. The molecule has 1 aromatic rings. The summed E-state index contributed by atoms with van der Waals surface area (Å²) in [5, 5.41) is 9.84. The van der Waals surface area contributed by atoms with Crippen molar-refractivity contribution in [3.05, 3.63) is 48.0 Å². The normalized spacial score (nSPS) is 14.5. The van der Waals surface area contributed by atoms with Crippen LogP contribution in [0.3, 0.4) is 0 Å². The van der Waals surface area contributed by atoms with E-state index < -0.39 is 17.0 Å². The summed E-state index contributed by atoms with van der Waals surface area (Å²) in [6.45, 7) is 11.2. The lowest BCUT2D eigenvalue weighted by Crippen LogP contribution is -2.37. The quantitative estimate of drug-likeness (QED) is 0.550. The standard InChI is InChI=1S/C22H29NO3/c1-20(2,3)15-18(24)12-13-22(16-23,19(25)26-21(4,5)6)14-17-10-8-7-9-11-17/h7-13H,14-15H2,1-6H3/b13-12+/t22-/m0/s1. The fourth-order valence-corrected chi connectivity index (χ4v) is 2.43. The first-order valence-electron chi connectivity index (χ1n) is 8.78. The number of rotatable bonds is 6. The number of hydrogen-bond acceptors (Lipinski definition) is 4. The van der Waals surface area contributed by atoms with E-state index >= 15 is 0 Å². The fourth-order valence-electron chi connectivity index (χ4n) is 2.43. The van der Waals surface area contributed by atoms with Crippen molar-refractivity contribution in [2.75, 3.05) is 0 Å². The van der Waals surface area contributed by atoms with Gasteiger partial charge in [-0.15, -0.1) is 0 Å². The van der Waals surface area contributed by atoms with Crippen molar-refractivity contribution in [3.63, 3.8) is 0 Å². The molecule has 0 spiro atoms. The third-order valence-corrected chi connectivity index (χ3v) is 3.55. The molecule has 0 radical (unpaired) electrons. The average molecular weight is 355 g/mol. The van der Waals surface area contributed by atoms with Crippen molar-refractivity contribution >= 4 is 11.8 Å². The van der Waals surface area contributed by atoms with Gasteiger partial charge in [0.2, 0.25) is 0 Å². The highest BCUT2D eigenvalue weighted by atomic mass is 16.6. The van der Waals surface area contributed by atoms with Gasteiger partial charge in [-0.2, -0.15) is 5.26 Å². The second kappa shape index (κ2) is 8.31. The van der Waals surface area contributed by atoms with Crippen molar-refractivity contribution in [3.8, 4) is 6.07 Å². The Balaban J connectivity index is 3.20. The Morgan fingerprint density at radius 3 is 2.12 bits per heavy atom. The summed E-state index contributed by atoms with van der Waals surface area (Å²) in [5.41, 5.74) is -1.60. The zero-order valence-corrected chi connectivity index (χ0v) is 16.6. The molecule has 140 valence electrons. The molecule has 0 heterocycles. The molecule has 1 aromatic carbocycles. The van der Waals surface area contributed by atoms with Crippen LogP contribution in [0.15, 0.2) is 42.5 Å². The Morgan fingerprint density at radius 1 is 1.08 bits per heavy atom. The molecule has 0 amide bonds. The molecule has 0 aliphatic heterocycles. The van der Waals surface area contributed by atoms with Crippen LogP contribution in [0.5, 0.6) is 0 Å². The highest BCUT2D eigenvalue weighted by molar-refractivity contribution is 5.92. The highest BCUT2D eigenvalue weighted by Gasteiger charge is 2.40. The Morgan fingerprint density at radius 2 is 1.65 bits per heavy atom. The van der Waals surface area contributed by atoms with E-state index in [0.717, 1.165) is 5.56 Å². The number of nitriles is 1. The molecule has 0 N–H and O–H groups in total. The van der Waals surface area contributed by atoms with E-state index in [1.807, 2.05) is 51.1 Å². The maximum absolute atomic E-state index is 12.8. The smallest absolute Gasteiger partial charge is 0.331 e. The minimum atomic E-state index is -1.54. The number of ether oxygens (including phenoxy) is 1. The number of benzene rings is 1. The molecule has 0 aromatic heterocycles. The minimum Gasteiger partial charge on any atom is -0.459 e. The third-order valence-electron chi connectivity index (χ3n) is 3.55. The minimum absolute atomic E-state index is 0.117. The van der Waals surface area contributed by atoms with Gasteiger partial charge < -0.3 is 4.74 Å². The lowest BCUT2D eigenvalue weighted by Gasteiger charge is -2.27. The monoisotopic (exact) mass is 355 g/mol. The molecule has 4 heteroatoms. The van der Waals surface area contributed by atoms with Crippen LogP contribution in [0.25, 0.3) is 0 Å². The predicted octanol–water partition coefficient (Wildman–Crippen LogP) is 4.64. The van der Waals surface area contributed by atoms with Gasteiger partial charge in [-0.25, -0.2) is 4.79 Å². The van der Waals surface area contributed by atoms with Crippen LogP contribution >= 0.6 is 0 Å². The third kappa shape index (κ3) is 7.23. The van der Waals surface area contributed by atoms with E-state index in [1.54, 1.807) is 20.8 Å². The lowest BCUT2D eigenvalue weighted by atomic mass is 9.81. The summed E-state index contributed by atoms with van der Waals surface area (Å²) in [4.78, 5) is 25.0. The first-order valence-corrected chi connectivity index (χ1v) is 8.78. The molecule has 0 fully saturated rings. The van der Waals surface area contributed by atoms with Crippen molar-refractivity contribution in [2.24, 2.45) is 10.8 Å². The number of hydrogen-bond donors (Lipinski definition) is 0. The SMILES string of the molecule is CC(C)(C)CC(=O)/C=C/[C@@](C#N)(Cc1ccccc1)C(=O)OC(C)(C)C. The van der Waals surface area contributed by atoms with Crippen molar-refractivity contribution < 1.29 is 14.3 Å². The number of carbonyl (C=O) groups excluding carboxylic acids is 2. The molecule has 0 unspecified atom stereocenters. The number of nitrogens with zero attached hydrogens (tertiary/aromatic N) is 1. The first-order chi connectivity index (χ1) is 11.9. The van der Waals surface area contributed by atoms with Crippen LogP contribution in [-0.4, -0.2) is 17.4 Å². The zero-order valence-electron chi connectivity index (χ0n) is 16.6. The van der Waals surface area contributed by atoms with Gasteiger partial charge in [0, 0.05) is 12.8 Å². The van der Waals surface area contributed by atoms with Gasteiger partial charge in [-0.05, 0) is 43.9 Å². The number of esters is 1.